The van der Waals surface area contributed by atoms with Gasteiger partial charge in [0, 0.05) is 22.4 Å². The van der Waals surface area contributed by atoms with Gasteiger partial charge in [-0.1, -0.05) is 38.1 Å². The third-order valence-corrected chi connectivity index (χ3v) is 10.1. The van der Waals surface area contributed by atoms with Crippen LogP contribution < -0.4 is 5.32 Å². The minimum absolute atomic E-state index is 0.0455. The summed E-state index contributed by atoms with van der Waals surface area (Å²) in [6.45, 7) is 4.77. The Hall–Kier alpha value is -1.94. The number of thiazole rings is 1. The van der Waals surface area contributed by atoms with Crippen molar-refractivity contribution < 1.29 is 4.79 Å². The third-order valence-electron chi connectivity index (χ3n) is 9.02. The Labute approximate surface area is 183 Å². The Bertz CT molecular complexity index is 1040. The molecule has 1 heterocycles. The third kappa shape index (κ3) is 2.55. The molecule has 2 aromatic rings. The SMILES string of the molecule is C[C@]12CCc3sc(Nc4ccccc4)nc3C1=CC[C@@H]1[C@@H]2CC[C@]2(C)C(=O)CC[C@@H]12. The molecule has 6 rings (SSSR count). The predicted octanol–water partition coefficient (Wildman–Crippen LogP) is 6.64. The van der Waals surface area contributed by atoms with Crippen molar-refractivity contribution in [1.82, 2.24) is 4.98 Å². The van der Waals surface area contributed by atoms with Crippen LogP contribution in [0.15, 0.2) is 36.4 Å². The number of anilines is 2. The van der Waals surface area contributed by atoms with Crippen molar-refractivity contribution in [2.24, 2.45) is 28.6 Å². The van der Waals surface area contributed by atoms with Gasteiger partial charge in [-0.25, -0.2) is 4.98 Å². The summed E-state index contributed by atoms with van der Waals surface area (Å²) in [6.07, 6.45) is 10.2. The lowest BCUT2D eigenvalue weighted by atomic mass is 9.48. The van der Waals surface area contributed by atoms with Gasteiger partial charge in [-0.2, -0.15) is 0 Å². The van der Waals surface area contributed by atoms with Gasteiger partial charge in [0.05, 0.1) is 5.69 Å². The van der Waals surface area contributed by atoms with E-state index in [1.165, 1.54) is 29.0 Å². The van der Waals surface area contributed by atoms with E-state index in [4.69, 9.17) is 4.98 Å². The second-order valence-corrected chi connectivity index (χ2v) is 11.4. The maximum atomic E-state index is 12.7. The highest BCUT2D eigenvalue weighted by Crippen LogP contribution is 2.65. The highest BCUT2D eigenvalue weighted by Gasteiger charge is 2.58. The van der Waals surface area contributed by atoms with E-state index in [-0.39, 0.29) is 10.8 Å². The Kier molecular flexibility index (Phi) is 4.09. The molecule has 0 bridgehead atoms. The maximum absolute atomic E-state index is 12.7. The molecule has 0 saturated heterocycles. The summed E-state index contributed by atoms with van der Waals surface area (Å²) in [5, 5.41) is 4.52. The largest absolute Gasteiger partial charge is 0.332 e. The molecule has 156 valence electrons. The van der Waals surface area contributed by atoms with Crippen molar-refractivity contribution in [2.75, 3.05) is 5.32 Å². The summed E-state index contributed by atoms with van der Waals surface area (Å²) >= 11 is 1.82. The van der Waals surface area contributed by atoms with Crippen molar-refractivity contribution in [3.05, 3.63) is 47.0 Å². The lowest BCUT2D eigenvalue weighted by Gasteiger charge is -2.55. The van der Waals surface area contributed by atoms with E-state index in [0.717, 1.165) is 42.9 Å². The van der Waals surface area contributed by atoms with E-state index in [1.807, 2.05) is 17.4 Å². The monoisotopic (exact) mass is 418 g/mol. The van der Waals surface area contributed by atoms with Crippen molar-refractivity contribution >= 4 is 33.5 Å². The number of ketones is 1. The average Bonchev–Trinajstić information content (AvgIpc) is 3.28. The van der Waals surface area contributed by atoms with Crippen LogP contribution in [0.4, 0.5) is 10.8 Å². The summed E-state index contributed by atoms with van der Waals surface area (Å²) < 4.78 is 0. The number of rotatable bonds is 2. The number of para-hydroxylation sites is 1. The second-order valence-electron chi connectivity index (χ2n) is 10.3. The van der Waals surface area contributed by atoms with Crippen molar-refractivity contribution in [3.63, 3.8) is 0 Å². The second kappa shape index (κ2) is 6.53. The topological polar surface area (TPSA) is 42.0 Å². The van der Waals surface area contributed by atoms with Gasteiger partial charge in [0.1, 0.15) is 5.78 Å². The van der Waals surface area contributed by atoms with Crippen LogP contribution in [0.3, 0.4) is 0 Å². The molecular weight excluding hydrogens is 388 g/mol. The molecule has 0 aliphatic heterocycles. The first-order valence-corrected chi connectivity index (χ1v) is 12.4. The van der Waals surface area contributed by atoms with E-state index in [1.54, 1.807) is 0 Å². The Morgan fingerprint density at radius 3 is 2.67 bits per heavy atom. The Balaban J connectivity index is 1.34. The molecule has 30 heavy (non-hydrogen) atoms. The fraction of sp³-hybridized carbons (Fsp3) is 0.538. The van der Waals surface area contributed by atoms with Crippen LogP contribution in [0.5, 0.6) is 0 Å². The van der Waals surface area contributed by atoms with E-state index >= 15 is 0 Å². The number of carbonyl (C=O) groups excluding carboxylic acids is 1. The smallest absolute Gasteiger partial charge is 0.187 e. The van der Waals surface area contributed by atoms with Crippen LogP contribution in [-0.4, -0.2) is 10.8 Å². The van der Waals surface area contributed by atoms with Crippen LogP contribution >= 0.6 is 11.3 Å². The number of nitrogens with one attached hydrogen (secondary N) is 1. The molecule has 0 spiro atoms. The lowest BCUT2D eigenvalue weighted by Crippen LogP contribution is -2.49. The van der Waals surface area contributed by atoms with Crippen LogP contribution in [0, 0.1) is 28.6 Å². The van der Waals surface area contributed by atoms with Crippen LogP contribution in [-0.2, 0) is 11.2 Å². The quantitative estimate of drug-likeness (QED) is 0.594. The van der Waals surface area contributed by atoms with Gasteiger partial charge in [-0.15, -0.1) is 11.3 Å². The van der Waals surface area contributed by atoms with Crippen LogP contribution in [0.25, 0.3) is 5.57 Å². The number of aromatic nitrogens is 1. The molecule has 0 unspecified atom stereocenters. The van der Waals surface area contributed by atoms with E-state index < -0.39 is 0 Å². The zero-order valence-corrected chi connectivity index (χ0v) is 18.7. The van der Waals surface area contributed by atoms with Crippen molar-refractivity contribution in [3.8, 4) is 0 Å². The van der Waals surface area contributed by atoms with Gasteiger partial charge >= 0.3 is 0 Å². The first kappa shape index (κ1) is 18.8. The fourth-order valence-corrected chi connectivity index (χ4v) is 8.35. The molecule has 0 amide bonds. The highest BCUT2D eigenvalue weighted by atomic mass is 32.1. The van der Waals surface area contributed by atoms with Gasteiger partial charge in [0.25, 0.3) is 0 Å². The molecule has 1 N–H and O–H groups in total. The Morgan fingerprint density at radius 2 is 1.83 bits per heavy atom. The molecule has 2 saturated carbocycles. The minimum Gasteiger partial charge on any atom is -0.332 e. The molecule has 4 aliphatic carbocycles. The fourth-order valence-electron chi connectivity index (χ4n) is 7.36. The lowest BCUT2D eigenvalue weighted by molar-refractivity contribution is -0.131. The molecule has 0 radical (unpaired) electrons. The molecule has 1 aromatic carbocycles. The number of carbonyl (C=O) groups is 1. The number of hydrogen-bond donors (Lipinski definition) is 1. The molecule has 1 aromatic heterocycles. The van der Waals surface area contributed by atoms with Crippen LogP contribution in [0.2, 0.25) is 0 Å². The summed E-state index contributed by atoms with van der Waals surface area (Å²) in [5.74, 6) is 2.49. The summed E-state index contributed by atoms with van der Waals surface area (Å²) in [6, 6.07) is 10.3. The highest BCUT2D eigenvalue weighted by molar-refractivity contribution is 7.15. The normalized spacial score (nSPS) is 36.9. The van der Waals surface area contributed by atoms with Gasteiger partial charge in [-0.3, -0.25) is 4.79 Å². The summed E-state index contributed by atoms with van der Waals surface area (Å²) in [5.41, 5.74) is 4.01. The number of hydrogen-bond acceptors (Lipinski definition) is 4. The molecule has 3 nitrogen and oxygen atoms in total. The zero-order valence-electron chi connectivity index (χ0n) is 17.9. The first-order valence-electron chi connectivity index (χ1n) is 11.6. The number of nitrogens with zero attached hydrogens (tertiary/aromatic N) is 1. The average molecular weight is 419 g/mol. The van der Waals surface area contributed by atoms with Crippen LogP contribution in [0.1, 0.15) is 62.9 Å². The number of benzene rings is 1. The van der Waals surface area contributed by atoms with Gasteiger partial charge < -0.3 is 5.32 Å². The number of Topliss-reactive ketones (excluding diaryl/α,β-unsaturated/α-hetero) is 1. The molecule has 4 aliphatic rings. The molecule has 2 fully saturated rings. The van der Waals surface area contributed by atoms with Gasteiger partial charge in [0.2, 0.25) is 0 Å². The zero-order chi connectivity index (χ0) is 20.5. The standard InChI is InChI=1S/C26H30N2OS/c1-25-15-13-21-23(28-24(30-21)27-16-6-4-3-5-7-16)20(25)9-8-17-18-10-11-22(29)26(18,2)14-12-19(17)25/h3-7,9,17-19H,8,10-15H2,1-2H3,(H,27,28)/t17-,18-,19-,25+,26-/m0/s1. The van der Waals surface area contributed by atoms with Gasteiger partial charge in [0.15, 0.2) is 5.13 Å². The molecule has 5 atom stereocenters. The summed E-state index contributed by atoms with van der Waals surface area (Å²) in [7, 11) is 0. The van der Waals surface area contributed by atoms with E-state index in [9.17, 15) is 4.79 Å². The minimum atomic E-state index is -0.0455. The van der Waals surface area contributed by atoms with Crippen molar-refractivity contribution in [1.29, 1.82) is 0 Å². The number of allylic oxidation sites excluding steroid dienone is 2. The van der Waals surface area contributed by atoms with E-state index in [0.29, 0.717) is 23.5 Å². The first-order chi connectivity index (χ1) is 14.5. The number of aryl methyl sites for hydroxylation is 1. The molecule has 4 heteroatoms. The van der Waals surface area contributed by atoms with Crippen molar-refractivity contribution in [2.45, 2.75) is 58.8 Å². The number of fused-ring (bicyclic) bond motifs is 7. The summed E-state index contributed by atoms with van der Waals surface area (Å²) in [4.78, 5) is 19.2. The van der Waals surface area contributed by atoms with E-state index in [2.05, 4.69) is 49.5 Å². The maximum Gasteiger partial charge on any atom is 0.187 e. The van der Waals surface area contributed by atoms with Gasteiger partial charge in [-0.05, 0) is 79.4 Å². The molecular formula is C26H30N2OS. The Morgan fingerprint density at radius 1 is 1.03 bits per heavy atom. The predicted molar refractivity (Wildman–Crippen MR) is 123 cm³/mol.